The summed E-state index contributed by atoms with van der Waals surface area (Å²) in [5.74, 6) is -6.15. The predicted molar refractivity (Wildman–Crippen MR) is 105 cm³/mol. The van der Waals surface area contributed by atoms with Crippen LogP contribution in [-0.2, 0) is 21.9 Å². The van der Waals surface area contributed by atoms with Crippen LogP contribution in [0.4, 0.5) is 35.1 Å². The standard InChI is InChI=1S/C19H13F8N5O2S/c1-3-35(33,34)16-15(30-13-5-4-10(7-32(13)16)18(22,23)24)11-8-31-9(2)28-12(6-14(31)29-11)17(20,21)19(25,26)27/h4-8H,3H2,1-2H3. The lowest BCUT2D eigenvalue weighted by molar-refractivity contribution is -0.291. The second-order valence-corrected chi connectivity index (χ2v) is 9.62. The molecule has 7 nitrogen and oxygen atoms in total. The Labute approximate surface area is 191 Å². The Hall–Kier alpha value is -3.30. The molecule has 0 aliphatic heterocycles. The third kappa shape index (κ3) is 3.98. The summed E-state index contributed by atoms with van der Waals surface area (Å²) in [6.07, 6.45) is -9.09. The fourth-order valence-corrected chi connectivity index (χ4v) is 4.51. The van der Waals surface area contributed by atoms with Crippen LogP contribution in [0, 0.1) is 6.92 Å². The lowest BCUT2D eigenvalue weighted by Gasteiger charge is -2.19. The average molecular weight is 527 g/mol. The Balaban J connectivity index is 2.00. The SMILES string of the molecule is CCS(=O)(=O)c1c(-c2cn3c(C)nc(C(F)(F)C(F)(F)F)cc3n2)nc2ccc(C(F)(F)F)cn12. The van der Waals surface area contributed by atoms with E-state index in [2.05, 4.69) is 15.0 Å². The lowest BCUT2D eigenvalue weighted by Crippen LogP contribution is -2.34. The normalized spacial score (nSPS) is 13.8. The third-order valence-electron chi connectivity index (χ3n) is 5.13. The highest BCUT2D eigenvalue weighted by atomic mass is 32.2. The second kappa shape index (κ2) is 7.60. The first-order chi connectivity index (χ1) is 16.0. The minimum Gasteiger partial charge on any atom is -0.289 e. The third-order valence-corrected chi connectivity index (χ3v) is 6.87. The molecule has 0 N–H and O–H groups in total. The van der Waals surface area contributed by atoms with Crippen molar-refractivity contribution in [3.8, 4) is 11.4 Å². The number of aryl methyl sites for hydroxylation is 1. The van der Waals surface area contributed by atoms with E-state index in [0.717, 1.165) is 28.0 Å². The maximum Gasteiger partial charge on any atom is 0.459 e. The number of hydrogen-bond donors (Lipinski definition) is 0. The van der Waals surface area contributed by atoms with E-state index in [-0.39, 0.29) is 17.2 Å². The molecule has 0 radical (unpaired) electrons. The van der Waals surface area contributed by atoms with Crippen LogP contribution in [0.2, 0.25) is 0 Å². The number of alkyl halides is 8. The van der Waals surface area contributed by atoms with E-state index in [1.54, 1.807) is 0 Å². The summed E-state index contributed by atoms with van der Waals surface area (Å²) in [4.78, 5) is 11.3. The number of pyridine rings is 1. The summed E-state index contributed by atoms with van der Waals surface area (Å²) in [6.45, 7) is 2.37. The van der Waals surface area contributed by atoms with Gasteiger partial charge in [0.1, 0.15) is 34.2 Å². The van der Waals surface area contributed by atoms with Crippen LogP contribution in [0.3, 0.4) is 0 Å². The highest BCUT2D eigenvalue weighted by molar-refractivity contribution is 7.91. The molecule has 0 unspecified atom stereocenters. The number of halogens is 8. The number of fused-ring (bicyclic) bond motifs is 2. The molecule has 0 aromatic carbocycles. The maximum absolute atomic E-state index is 13.8. The van der Waals surface area contributed by atoms with Crippen molar-refractivity contribution in [2.45, 2.75) is 37.1 Å². The maximum atomic E-state index is 13.8. The minimum absolute atomic E-state index is 0.184. The smallest absolute Gasteiger partial charge is 0.289 e. The zero-order valence-corrected chi connectivity index (χ0v) is 18.4. The molecule has 0 fully saturated rings. The van der Waals surface area contributed by atoms with Crippen molar-refractivity contribution < 1.29 is 43.5 Å². The largest absolute Gasteiger partial charge is 0.459 e. The van der Waals surface area contributed by atoms with Gasteiger partial charge in [-0.2, -0.15) is 35.1 Å². The van der Waals surface area contributed by atoms with Crippen LogP contribution < -0.4 is 0 Å². The summed E-state index contributed by atoms with van der Waals surface area (Å²) < 4.78 is 133. The molecule has 0 aliphatic rings. The zero-order valence-electron chi connectivity index (χ0n) is 17.6. The van der Waals surface area contributed by atoms with E-state index in [0.29, 0.717) is 18.3 Å². The molecular formula is C19H13F8N5O2S. The summed E-state index contributed by atoms with van der Waals surface area (Å²) in [5, 5.41) is -0.643. The van der Waals surface area contributed by atoms with Gasteiger partial charge in [0.2, 0.25) is 0 Å². The monoisotopic (exact) mass is 527 g/mol. The Morgan fingerprint density at radius 2 is 1.54 bits per heavy atom. The Morgan fingerprint density at radius 1 is 0.886 bits per heavy atom. The van der Waals surface area contributed by atoms with Gasteiger partial charge >= 0.3 is 18.3 Å². The van der Waals surface area contributed by atoms with Crippen LogP contribution in [0.25, 0.3) is 22.7 Å². The molecule has 4 aromatic heterocycles. The van der Waals surface area contributed by atoms with Gasteiger partial charge in [0.15, 0.2) is 14.9 Å². The molecule has 188 valence electrons. The molecule has 0 aliphatic carbocycles. The van der Waals surface area contributed by atoms with Crippen molar-refractivity contribution >= 4 is 21.1 Å². The Bertz CT molecular complexity index is 1570. The molecule has 35 heavy (non-hydrogen) atoms. The molecule has 0 atom stereocenters. The van der Waals surface area contributed by atoms with Gasteiger partial charge in [0, 0.05) is 18.5 Å². The number of nitrogens with zero attached hydrogens (tertiary/aromatic N) is 5. The summed E-state index contributed by atoms with van der Waals surface area (Å²) in [7, 11) is -4.22. The van der Waals surface area contributed by atoms with Gasteiger partial charge in [0.25, 0.3) is 0 Å². The molecule has 0 saturated heterocycles. The first-order valence-corrected chi connectivity index (χ1v) is 11.3. The van der Waals surface area contributed by atoms with Gasteiger partial charge in [-0.15, -0.1) is 0 Å². The molecule has 0 amide bonds. The molecule has 0 spiro atoms. The number of aromatic nitrogens is 5. The van der Waals surface area contributed by atoms with Crippen molar-refractivity contribution in [3.05, 3.63) is 47.7 Å². The zero-order chi connectivity index (χ0) is 26.1. The molecule has 4 rings (SSSR count). The lowest BCUT2D eigenvalue weighted by atomic mass is 10.2. The Morgan fingerprint density at radius 3 is 2.11 bits per heavy atom. The van der Waals surface area contributed by atoms with Crippen molar-refractivity contribution in [1.29, 1.82) is 0 Å². The van der Waals surface area contributed by atoms with E-state index in [4.69, 9.17) is 0 Å². The summed E-state index contributed by atoms with van der Waals surface area (Å²) in [6, 6.07) is 2.01. The van der Waals surface area contributed by atoms with E-state index < -0.39 is 61.5 Å². The van der Waals surface area contributed by atoms with Crippen molar-refractivity contribution in [3.63, 3.8) is 0 Å². The van der Waals surface area contributed by atoms with Crippen molar-refractivity contribution in [2.24, 2.45) is 0 Å². The van der Waals surface area contributed by atoms with E-state index >= 15 is 0 Å². The topological polar surface area (TPSA) is 81.6 Å². The second-order valence-electron chi connectivity index (χ2n) is 7.43. The van der Waals surface area contributed by atoms with Gasteiger partial charge in [-0.1, -0.05) is 6.92 Å². The molecule has 4 heterocycles. The van der Waals surface area contributed by atoms with Gasteiger partial charge in [-0.25, -0.2) is 23.4 Å². The first kappa shape index (κ1) is 24.8. The molecule has 4 aromatic rings. The van der Waals surface area contributed by atoms with E-state index in [1.165, 1.54) is 6.92 Å². The van der Waals surface area contributed by atoms with E-state index in [9.17, 15) is 43.5 Å². The van der Waals surface area contributed by atoms with Gasteiger partial charge in [-0.3, -0.25) is 8.80 Å². The molecule has 16 heteroatoms. The first-order valence-electron chi connectivity index (χ1n) is 9.61. The fraction of sp³-hybridized carbons (Fsp3) is 0.316. The van der Waals surface area contributed by atoms with Gasteiger partial charge in [-0.05, 0) is 19.1 Å². The van der Waals surface area contributed by atoms with Crippen molar-refractivity contribution in [2.75, 3.05) is 5.75 Å². The highest BCUT2D eigenvalue weighted by Crippen LogP contribution is 2.43. The fourth-order valence-electron chi connectivity index (χ4n) is 3.35. The van der Waals surface area contributed by atoms with Crippen LogP contribution in [-0.4, -0.2) is 44.1 Å². The molecule has 0 saturated carbocycles. The quantitative estimate of drug-likeness (QED) is 0.356. The summed E-state index contributed by atoms with van der Waals surface area (Å²) >= 11 is 0. The van der Waals surface area contributed by atoms with E-state index in [1.807, 2.05) is 0 Å². The van der Waals surface area contributed by atoms with Gasteiger partial charge in [0.05, 0.1) is 11.3 Å². The number of hydrogen-bond acceptors (Lipinski definition) is 5. The predicted octanol–water partition coefficient (Wildman–Crippen LogP) is 4.82. The molecule has 0 bridgehead atoms. The highest BCUT2D eigenvalue weighted by Gasteiger charge is 2.60. The van der Waals surface area contributed by atoms with Gasteiger partial charge < -0.3 is 0 Å². The number of sulfone groups is 1. The minimum atomic E-state index is -5.93. The summed E-state index contributed by atoms with van der Waals surface area (Å²) in [5.41, 5.74) is -4.09. The molecular weight excluding hydrogens is 514 g/mol. The number of imidazole rings is 2. The number of rotatable bonds is 4. The Kier molecular flexibility index (Phi) is 5.39. The van der Waals surface area contributed by atoms with Crippen LogP contribution in [0.5, 0.6) is 0 Å². The van der Waals surface area contributed by atoms with Crippen LogP contribution >= 0.6 is 0 Å². The van der Waals surface area contributed by atoms with Crippen LogP contribution in [0.15, 0.2) is 35.6 Å². The van der Waals surface area contributed by atoms with Crippen LogP contribution in [0.1, 0.15) is 24.0 Å². The van der Waals surface area contributed by atoms with Crippen molar-refractivity contribution in [1.82, 2.24) is 23.8 Å². The average Bonchev–Trinajstić information content (AvgIpc) is 3.33.